The Hall–Kier alpha value is -0.120. The molecular weight excluding hydrogens is 164 g/mol. The first-order valence-electron chi connectivity index (χ1n) is 5.37. The second kappa shape index (κ2) is 3.56. The maximum atomic E-state index is 9.90. The van der Waals surface area contributed by atoms with E-state index in [4.69, 9.17) is 5.73 Å². The molecule has 2 fully saturated rings. The molecule has 3 heteroatoms. The molecule has 1 aliphatic carbocycles. The van der Waals surface area contributed by atoms with E-state index in [9.17, 15) is 5.11 Å². The second-order valence-corrected chi connectivity index (χ2v) is 4.57. The van der Waals surface area contributed by atoms with Gasteiger partial charge in [0.1, 0.15) is 0 Å². The van der Waals surface area contributed by atoms with Crippen LogP contribution in [0.15, 0.2) is 0 Å². The zero-order valence-electron chi connectivity index (χ0n) is 8.21. The Morgan fingerprint density at radius 3 is 2.69 bits per heavy atom. The molecule has 2 rings (SSSR count). The van der Waals surface area contributed by atoms with Crippen molar-refractivity contribution in [1.82, 2.24) is 4.90 Å². The third-order valence-electron chi connectivity index (χ3n) is 3.63. The smallest absolute Gasteiger partial charge is 0.0723 e. The Bertz CT molecular complexity index is 180. The summed E-state index contributed by atoms with van der Waals surface area (Å²) in [5.41, 5.74) is 5.80. The summed E-state index contributed by atoms with van der Waals surface area (Å²) in [7, 11) is 0. The van der Waals surface area contributed by atoms with Crippen LogP contribution in [0.1, 0.15) is 25.7 Å². The Morgan fingerprint density at radius 2 is 2.15 bits per heavy atom. The van der Waals surface area contributed by atoms with Crippen LogP contribution in [0.4, 0.5) is 0 Å². The van der Waals surface area contributed by atoms with Crippen LogP contribution in [0.5, 0.6) is 0 Å². The van der Waals surface area contributed by atoms with Crippen LogP contribution in [0.2, 0.25) is 0 Å². The average Bonchev–Trinajstić information content (AvgIpc) is 2.89. The van der Waals surface area contributed by atoms with E-state index in [1.165, 1.54) is 19.3 Å². The predicted octanol–water partition coefficient (Wildman–Crippen LogP) is 0.182. The van der Waals surface area contributed by atoms with E-state index >= 15 is 0 Å². The molecule has 0 aromatic heterocycles. The fraction of sp³-hybridized carbons (Fsp3) is 1.00. The van der Waals surface area contributed by atoms with Crippen LogP contribution < -0.4 is 5.73 Å². The van der Waals surface area contributed by atoms with Gasteiger partial charge < -0.3 is 15.7 Å². The van der Waals surface area contributed by atoms with Gasteiger partial charge in [0.2, 0.25) is 0 Å². The van der Waals surface area contributed by atoms with E-state index in [-0.39, 0.29) is 6.10 Å². The monoisotopic (exact) mass is 184 g/mol. The van der Waals surface area contributed by atoms with Crippen molar-refractivity contribution in [3.8, 4) is 0 Å². The molecule has 0 radical (unpaired) electrons. The third-order valence-corrected chi connectivity index (χ3v) is 3.63. The van der Waals surface area contributed by atoms with Gasteiger partial charge in [0, 0.05) is 6.54 Å². The van der Waals surface area contributed by atoms with Crippen LogP contribution in [0.3, 0.4) is 0 Å². The van der Waals surface area contributed by atoms with E-state index in [2.05, 4.69) is 4.90 Å². The van der Waals surface area contributed by atoms with Crippen molar-refractivity contribution in [3.63, 3.8) is 0 Å². The Morgan fingerprint density at radius 1 is 1.38 bits per heavy atom. The molecule has 1 unspecified atom stereocenters. The minimum atomic E-state index is -0.0703. The molecule has 3 nitrogen and oxygen atoms in total. The Labute approximate surface area is 79.9 Å². The molecule has 0 aromatic carbocycles. The number of hydrogen-bond acceptors (Lipinski definition) is 3. The van der Waals surface area contributed by atoms with Crippen molar-refractivity contribution in [2.75, 3.05) is 26.2 Å². The zero-order chi connectivity index (χ0) is 9.31. The van der Waals surface area contributed by atoms with E-state index in [1.807, 2.05) is 0 Å². The van der Waals surface area contributed by atoms with Crippen LogP contribution in [0, 0.1) is 5.41 Å². The maximum Gasteiger partial charge on any atom is 0.0723 e. The van der Waals surface area contributed by atoms with Crippen LogP contribution >= 0.6 is 0 Å². The average molecular weight is 184 g/mol. The lowest BCUT2D eigenvalue weighted by Crippen LogP contribution is -2.45. The van der Waals surface area contributed by atoms with Gasteiger partial charge in [-0.05, 0) is 50.7 Å². The summed E-state index contributed by atoms with van der Waals surface area (Å²) in [4.78, 5) is 2.35. The lowest BCUT2D eigenvalue weighted by atomic mass is 9.90. The first kappa shape index (κ1) is 9.44. The number of nitrogens with two attached hydrogens (primary N) is 1. The number of aliphatic hydroxyl groups excluding tert-OH is 1. The van der Waals surface area contributed by atoms with Crippen molar-refractivity contribution < 1.29 is 5.11 Å². The van der Waals surface area contributed by atoms with Crippen LogP contribution in [-0.4, -0.2) is 42.3 Å². The van der Waals surface area contributed by atoms with Gasteiger partial charge in [-0.2, -0.15) is 0 Å². The quantitative estimate of drug-likeness (QED) is 0.658. The SMILES string of the molecule is NCCCN1CCC2(CC2)C(O)C1. The first-order valence-corrected chi connectivity index (χ1v) is 5.37. The van der Waals surface area contributed by atoms with Gasteiger partial charge in [-0.1, -0.05) is 0 Å². The molecule has 0 bridgehead atoms. The normalized spacial score (nSPS) is 32.3. The predicted molar refractivity (Wildman–Crippen MR) is 52.4 cm³/mol. The molecule has 1 spiro atoms. The lowest BCUT2D eigenvalue weighted by Gasteiger charge is -2.36. The molecule has 0 aromatic rings. The van der Waals surface area contributed by atoms with E-state index in [1.54, 1.807) is 0 Å². The molecular formula is C10H20N2O. The van der Waals surface area contributed by atoms with Crippen molar-refractivity contribution >= 4 is 0 Å². The number of rotatable bonds is 3. The van der Waals surface area contributed by atoms with Crippen LogP contribution in [-0.2, 0) is 0 Å². The summed E-state index contributed by atoms with van der Waals surface area (Å²) in [6.45, 7) is 3.86. The minimum Gasteiger partial charge on any atom is -0.391 e. The van der Waals surface area contributed by atoms with Gasteiger partial charge in [-0.15, -0.1) is 0 Å². The van der Waals surface area contributed by atoms with Gasteiger partial charge in [-0.25, -0.2) is 0 Å². The number of aliphatic hydroxyl groups is 1. The highest BCUT2D eigenvalue weighted by Crippen LogP contribution is 2.53. The minimum absolute atomic E-state index is 0.0703. The Balaban J connectivity index is 1.78. The standard InChI is InChI=1S/C10H20N2O/c11-5-1-6-12-7-4-10(2-3-10)9(13)8-12/h9,13H,1-8,11H2. The summed E-state index contributed by atoms with van der Waals surface area (Å²) in [5.74, 6) is 0. The molecule has 1 aliphatic heterocycles. The highest BCUT2D eigenvalue weighted by Gasteiger charge is 2.50. The highest BCUT2D eigenvalue weighted by molar-refractivity contribution is 5.02. The molecule has 0 amide bonds. The van der Waals surface area contributed by atoms with Gasteiger partial charge in [-0.3, -0.25) is 0 Å². The lowest BCUT2D eigenvalue weighted by molar-refractivity contribution is 0.00851. The molecule has 13 heavy (non-hydrogen) atoms. The van der Waals surface area contributed by atoms with Crippen molar-refractivity contribution in [2.45, 2.75) is 31.8 Å². The fourth-order valence-electron chi connectivity index (χ4n) is 2.34. The molecule has 1 saturated carbocycles. The largest absolute Gasteiger partial charge is 0.391 e. The van der Waals surface area contributed by atoms with Crippen molar-refractivity contribution in [1.29, 1.82) is 0 Å². The molecule has 76 valence electrons. The van der Waals surface area contributed by atoms with Crippen molar-refractivity contribution in [2.24, 2.45) is 11.1 Å². The highest BCUT2D eigenvalue weighted by atomic mass is 16.3. The number of likely N-dealkylation sites (tertiary alicyclic amines) is 1. The molecule has 1 saturated heterocycles. The van der Waals surface area contributed by atoms with Crippen LogP contribution in [0.25, 0.3) is 0 Å². The van der Waals surface area contributed by atoms with E-state index < -0.39 is 0 Å². The summed E-state index contributed by atoms with van der Waals surface area (Å²) >= 11 is 0. The zero-order valence-corrected chi connectivity index (χ0v) is 8.21. The van der Waals surface area contributed by atoms with E-state index in [0.29, 0.717) is 5.41 Å². The summed E-state index contributed by atoms with van der Waals surface area (Å²) in [6, 6.07) is 0. The number of β-amino-alcohol motifs (C(OH)–C–C–N with tert-alkyl or cyclic N) is 1. The Kier molecular flexibility index (Phi) is 2.58. The summed E-state index contributed by atoms with van der Waals surface area (Å²) in [5, 5.41) is 9.90. The molecule has 1 atom stereocenters. The molecule has 1 heterocycles. The number of hydrogen-bond donors (Lipinski definition) is 2. The van der Waals surface area contributed by atoms with Gasteiger partial charge in [0.25, 0.3) is 0 Å². The molecule has 3 N–H and O–H groups in total. The van der Waals surface area contributed by atoms with E-state index in [0.717, 1.165) is 32.6 Å². The van der Waals surface area contributed by atoms with Crippen molar-refractivity contribution in [3.05, 3.63) is 0 Å². The fourth-order valence-corrected chi connectivity index (χ4v) is 2.34. The van der Waals surface area contributed by atoms with Gasteiger partial charge in [0.05, 0.1) is 6.10 Å². The topological polar surface area (TPSA) is 49.5 Å². The number of piperidine rings is 1. The maximum absolute atomic E-state index is 9.90. The summed E-state index contributed by atoms with van der Waals surface area (Å²) < 4.78 is 0. The second-order valence-electron chi connectivity index (χ2n) is 4.57. The summed E-state index contributed by atoms with van der Waals surface area (Å²) in [6.07, 6.45) is 4.68. The number of nitrogens with zero attached hydrogens (tertiary/aromatic N) is 1. The first-order chi connectivity index (χ1) is 6.27. The van der Waals surface area contributed by atoms with Gasteiger partial charge in [0.15, 0.2) is 0 Å². The third kappa shape index (κ3) is 1.87. The molecule has 2 aliphatic rings. The van der Waals surface area contributed by atoms with Gasteiger partial charge >= 0.3 is 0 Å².